The summed E-state index contributed by atoms with van der Waals surface area (Å²) in [6, 6.07) is 3.80. The van der Waals surface area contributed by atoms with E-state index in [4.69, 9.17) is 10.2 Å². The summed E-state index contributed by atoms with van der Waals surface area (Å²) in [4.78, 5) is 47.1. The Morgan fingerprint density at radius 3 is 2.74 bits per heavy atom. The summed E-state index contributed by atoms with van der Waals surface area (Å²) in [7, 11) is 0. The van der Waals surface area contributed by atoms with Gasteiger partial charge < -0.3 is 15.1 Å². The highest BCUT2D eigenvalue weighted by molar-refractivity contribution is 7.13. The van der Waals surface area contributed by atoms with Crippen molar-refractivity contribution in [2.24, 2.45) is 0 Å². The van der Waals surface area contributed by atoms with E-state index in [1.807, 2.05) is 31.4 Å². The van der Waals surface area contributed by atoms with Gasteiger partial charge in [-0.25, -0.2) is 9.78 Å². The second-order valence-electron chi connectivity index (χ2n) is 7.22. The van der Waals surface area contributed by atoms with Crippen LogP contribution in [-0.4, -0.2) is 27.0 Å². The fraction of sp³-hybridized carbons (Fsp3) is 0.429. The van der Waals surface area contributed by atoms with Gasteiger partial charge in [-0.2, -0.15) is 0 Å². The van der Waals surface area contributed by atoms with Crippen LogP contribution >= 0.6 is 11.3 Å². The lowest BCUT2D eigenvalue weighted by Crippen LogP contribution is -2.42. The van der Waals surface area contributed by atoms with Gasteiger partial charge in [-0.3, -0.25) is 19.1 Å². The lowest BCUT2D eigenvalue weighted by molar-refractivity contribution is -0.118. The molecule has 10 heteroatoms. The van der Waals surface area contributed by atoms with Crippen molar-refractivity contribution in [3.63, 3.8) is 0 Å². The molecule has 3 aromatic heterocycles. The van der Waals surface area contributed by atoms with Gasteiger partial charge in [0.2, 0.25) is 11.8 Å². The van der Waals surface area contributed by atoms with Crippen LogP contribution in [0.25, 0.3) is 10.8 Å². The molecule has 0 radical (unpaired) electrons. The Morgan fingerprint density at radius 1 is 1.32 bits per heavy atom. The van der Waals surface area contributed by atoms with E-state index < -0.39 is 11.2 Å². The molecule has 3 N–H and O–H groups in total. The third-order valence-electron chi connectivity index (χ3n) is 4.91. The summed E-state index contributed by atoms with van der Waals surface area (Å²) < 4.78 is 7.02. The molecule has 0 spiro atoms. The average Bonchev–Trinajstić information content (AvgIpc) is 3.38. The molecule has 3 aromatic rings. The molecule has 1 amide bonds. The van der Waals surface area contributed by atoms with Gasteiger partial charge in [-0.1, -0.05) is 26.3 Å². The first-order valence-corrected chi connectivity index (χ1v) is 11.2. The second kappa shape index (κ2) is 9.78. The number of carbonyl (C=O) groups excluding carboxylic acids is 1. The first kappa shape index (κ1) is 22.5. The number of thiophene rings is 1. The van der Waals surface area contributed by atoms with Crippen molar-refractivity contribution >= 4 is 28.7 Å². The zero-order valence-corrected chi connectivity index (χ0v) is 18.8. The van der Waals surface area contributed by atoms with E-state index in [0.717, 1.165) is 11.3 Å². The van der Waals surface area contributed by atoms with Crippen molar-refractivity contribution in [2.75, 3.05) is 17.2 Å². The number of nitrogens with zero attached hydrogens (tertiary/aromatic N) is 3. The van der Waals surface area contributed by atoms with Gasteiger partial charge in [0.25, 0.3) is 5.56 Å². The molecule has 0 unspecified atom stereocenters. The van der Waals surface area contributed by atoms with Gasteiger partial charge in [-0.05, 0) is 31.2 Å². The van der Waals surface area contributed by atoms with Crippen molar-refractivity contribution in [1.82, 2.24) is 14.5 Å². The summed E-state index contributed by atoms with van der Waals surface area (Å²) in [5.74, 6) is 0.673. The van der Waals surface area contributed by atoms with E-state index in [2.05, 4.69) is 9.97 Å². The number of nitrogen functional groups attached to an aromatic ring is 1. The van der Waals surface area contributed by atoms with Gasteiger partial charge in [0.05, 0.1) is 17.0 Å². The van der Waals surface area contributed by atoms with Crippen molar-refractivity contribution in [3.05, 3.63) is 49.8 Å². The number of oxazole rings is 1. The number of nitrogens with one attached hydrogen (secondary N) is 1. The molecule has 3 heterocycles. The number of aromatic nitrogens is 3. The number of amides is 1. The van der Waals surface area contributed by atoms with Gasteiger partial charge in [0, 0.05) is 13.1 Å². The Morgan fingerprint density at radius 2 is 2.10 bits per heavy atom. The fourth-order valence-electron chi connectivity index (χ4n) is 3.30. The van der Waals surface area contributed by atoms with Crippen LogP contribution < -0.4 is 21.9 Å². The lowest BCUT2D eigenvalue weighted by Gasteiger charge is -2.24. The normalized spacial score (nSPS) is 11.1. The molecule has 166 valence electrons. The minimum Gasteiger partial charge on any atom is -0.440 e. The molecule has 0 aliphatic rings. The average molecular weight is 446 g/mol. The van der Waals surface area contributed by atoms with Crippen LogP contribution in [0.1, 0.15) is 44.6 Å². The van der Waals surface area contributed by atoms with Crippen molar-refractivity contribution < 1.29 is 9.21 Å². The van der Waals surface area contributed by atoms with E-state index in [1.165, 1.54) is 20.8 Å². The van der Waals surface area contributed by atoms with Crippen LogP contribution in [0.15, 0.2) is 31.5 Å². The third-order valence-corrected chi connectivity index (χ3v) is 5.77. The number of nitrogens with two attached hydrogens (primary N) is 1. The first-order chi connectivity index (χ1) is 14.9. The number of rotatable bonds is 9. The maximum Gasteiger partial charge on any atom is 0.330 e. The number of aryl methyl sites for hydroxylation is 1. The molecule has 0 aliphatic heterocycles. The van der Waals surface area contributed by atoms with Crippen LogP contribution in [0.4, 0.5) is 11.5 Å². The molecule has 31 heavy (non-hydrogen) atoms. The molecule has 0 saturated heterocycles. The largest absolute Gasteiger partial charge is 0.440 e. The summed E-state index contributed by atoms with van der Waals surface area (Å²) in [5, 5.41) is 1.92. The van der Waals surface area contributed by atoms with Crippen molar-refractivity contribution in [1.29, 1.82) is 0 Å². The Bertz CT molecular complexity index is 1160. The SMILES string of the molecule is CCCCN(C(=O)Cc1nc(-c2cccs2)oc1C)c1c(N)n(CCC)c(=O)[nH]c1=O. The van der Waals surface area contributed by atoms with Gasteiger partial charge >= 0.3 is 5.69 Å². The minimum atomic E-state index is -0.671. The molecule has 0 atom stereocenters. The van der Waals surface area contributed by atoms with E-state index in [9.17, 15) is 14.4 Å². The van der Waals surface area contributed by atoms with E-state index in [0.29, 0.717) is 43.3 Å². The van der Waals surface area contributed by atoms with Crippen molar-refractivity contribution in [3.8, 4) is 10.8 Å². The quantitative estimate of drug-likeness (QED) is 0.521. The number of hydrogen-bond donors (Lipinski definition) is 2. The fourth-order valence-corrected chi connectivity index (χ4v) is 3.95. The number of hydrogen-bond acceptors (Lipinski definition) is 7. The smallest absolute Gasteiger partial charge is 0.330 e. The van der Waals surface area contributed by atoms with Gasteiger partial charge in [0.1, 0.15) is 11.6 Å². The number of H-pyrrole nitrogens is 1. The first-order valence-electron chi connectivity index (χ1n) is 10.3. The van der Waals surface area contributed by atoms with E-state index in [-0.39, 0.29) is 23.8 Å². The van der Waals surface area contributed by atoms with Gasteiger partial charge in [0.15, 0.2) is 5.69 Å². The maximum atomic E-state index is 13.3. The highest BCUT2D eigenvalue weighted by Gasteiger charge is 2.26. The van der Waals surface area contributed by atoms with E-state index >= 15 is 0 Å². The minimum absolute atomic E-state index is 0.00352. The molecule has 9 nitrogen and oxygen atoms in total. The van der Waals surface area contributed by atoms with E-state index in [1.54, 1.807) is 6.92 Å². The lowest BCUT2D eigenvalue weighted by atomic mass is 10.2. The Labute approximate surface area is 183 Å². The summed E-state index contributed by atoms with van der Waals surface area (Å²) in [5.41, 5.74) is 5.45. The predicted octanol–water partition coefficient (Wildman–Crippen LogP) is 2.93. The molecule has 3 rings (SSSR count). The molecular formula is C21H27N5O4S. The van der Waals surface area contributed by atoms with Crippen LogP contribution in [0, 0.1) is 6.92 Å². The highest BCUT2D eigenvalue weighted by Crippen LogP contribution is 2.27. The number of carbonyl (C=O) groups is 1. The topological polar surface area (TPSA) is 127 Å². The van der Waals surface area contributed by atoms with Crippen LogP contribution in [0.2, 0.25) is 0 Å². The number of anilines is 2. The van der Waals surface area contributed by atoms with Crippen LogP contribution in [0.5, 0.6) is 0 Å². The van der Waals surface area contributed by atoms with Crippen LogP contribution in [-0.2, 0) is 17.8 Å². The zero-order chi connectivity index (χ0) is 22.5. The Hall–Kier alpha value is -3.14. The summed E-state index contributed by atoms with van der Waals surface area (Å²) in [6.45, 7) is 6.29. The Kier molecular flexibility index (Phi) is 7.11. The van der Waals surface area contributed by atoms with Gasteiger partial charge in [-0.15, -0.1) is 11.3 Å². The number of unbranched alkanes of at least 4 members (excludes halogenated alkanes) is 1. The molecule has 0 aromatic carbocycles. The molecule has 0 aliphatic carbocycles. The second-order valence-corrected chi connectivity index (χ2v) is 8.17. The maximum absolute atomic E-state index is 13.3. The molecular weight excluding hydrogens is 418 g/mol. The standard InChI is InChI=1S/C21H27N5O4S/c1-4-6-10-25(17-18(22)26(9-5-2)21(29)24-19(17)28)16(27)12-14-13(3)30-20(23-14)15-8-7-11-31-15/h7-8,11H,4-6,9-10,12,22H2,1-3H3,(H,24,28,29). The monoisotopic (exact) mass is 445 g/mol. The molecule has 0 bridgehead atoms. The predicted molar refractivity (Wildman–Crippen MR) is 122 cm³/mol. The summed E-state index contributed by atoms with van der Waals surface area (Å²) >= 11 is 1.50. The Balaban J connectivity index is 1.97. The molecule has 0 fully saturated rings. The molecule has 0 saturated carbocycles. The third kappa shape index (κ3) is 4.79. The van der Waals surface area contributed by atoms with Crippen LogP contribution in [0.3, 0.4) is 0 Å². The highest BCUT2D eigenvalue weighted by atomic mass is 32.1. The summed E-state index contributed by atoms with van der Waals surface area (Å²) in [6.07, 6.45) is 2.11. The van der Waals surface area contributed by atoms with Crippen molar-refractivity contribution in [2.45, 2.75) is 53.0 Å². The number of aromatic amines is 1. The zero-order valence-electron chi connectivity index (χ0n) is 17.9.